The van der Waals surface area contributed by atoms with Crippen LogP contribution in [-0.2, 0) is 9.53 Å². The molecule has 0 N–H and O–H groups in total. The normalized spacial score (nSPS) is 9.54. The molecular weight excluding hydrogens is 175 g/mol. The van der Waals surface area contributed by atoms with E-state index >= 15 is 0 Å². The third-order valence-electron chi connectivity index (χ3n) is 1.72. The Morgan fingerprint density at radius 1 is 1.38 bits per heavy atom. The van der Waals surface area contributed by atoms with Gasteiger partial charge in [-0.15, -0.1) is 0 Å². The van der Waals surface area contributed by atoms with Gasteiger partial charge in [-0.1, -0.05) is 26.7 Å². The van der Waals surface area contributed by atoms with Gasteiger partial charge >= 0.3 is 35.5 Å². The van der Waals surface area contributed by atoms with Crippen molar-refractivity contribution >= 4 is 5.97 Å². The molecule has 0 aromatic rings. The number of carbonyl (C=O) groups excluding carboxylic acids is 1. The van der Waals surface area contributed by atoms with Crippen molar-refractivity contribution in [2.45, 2.75) is 46.5 Å². The molecule has 3 heteroatoms. The molecular formula is C10H21NaO2. The van der Waals surface area contributed by atoms with E-state index in [4.69, 9.17) is 4.74 Å². The molecule has 0 unspecified atom stereocenters. The molecule has 0 rings (SSSR count). The minimum Gasteiger partial charge on any atom is -1.00 e. The summed E-state index contributed by atoms with van der Waals surface area (Å²) in [6.45, 7) is 6.74. The van der Waals surface area contributed by atoms with Crippen molar-refractivity contribution in [3.63, 3.8) is 0 Å². The maximum Gasteiger partial charge on any atom is 1.00 e. The molecule has 0 atom stereocenters. The van der Waals surface area contributed by atoms with E-state index in [2.05, 4.69) is 13.8 Å². The van der Waals surface area contributed by atoms with Crippen LogP contribution in [0.1, 0.15) is 47.9 Å². The van der Waals surface area contributed by atoms with Gasteiger partial charge in [0.2, 0.25) is 0 Å². The van der Waals surface area contributed by atoms with E-state index in [0.29, 0.717) is 13.0 Å². The van der Waals surface area contributed by atoms with Gasteiger partial charge in [-0.2, -0.15) is 0 Å². The first-order chi connectivity index (χ1) is 5.66. The molecule has 0 aliphatic rings. The number of hydrogen-bond donors (Lipinski definition) is 0. The fraction of sp³-hybridized carbons (Fsp3) is 0.900. The topological polar surface area (TPSA) is 26.3 Å². The van der Waals surface area contributed by atoms with E-state index in [0.717, 1.165) is 18.8 Å². The number of carbonyl (C=O) groups is 1. The Labute approximate surface area is 105 Å². The summed E-state index contributed by atoms with van der Waals surface area (Å²) in [7, 11) is 0. The summed E-state index contributed by atoms with van der Waals surface area (Å²) in [6.07, 6.45) is 3.90. The second-order valence-corrected chi connectivity index (χ2v) is 3.44. The fourth-order valence-electron chi connectivity index (χ4n) is 1.06. The smallest absolute Gasteiger partial charge is 1.00 e. The molecule has 0 amide bonds. The van der Waals surface area contributed by atoms with Gasteiger partial charge in [0.1, 0.15) is 0 Å². The molecule has 0 heterocycles. The minimum absolute atomic E-state index is 0. The first-order valence-electron chi connectivity index (χ1n) is 4.82. The second kappa shape index (κ2) is 10.6. The van der Waals surface area contributed by atoms with Crippen molar-refractivity contribution in [2.24, 2.45) is 5.92 Å². The van der Waals surface area contributed by atoms with Crippen molar-refractivity contribution < 1.29 is 40.5 Å². The Morgan fingerprint density at radius 3 is 2.46 bits per heavy atom. The molecule has 0 aliphatic carbocycles. The van der Waals surface area contributed by atoms with E-state index in [1.807, 2.05) is 6.92 Å². The third-order valence-corrected chi connectivity index (χ3v) is 1.72. The third kappa shape index (κ3) is 12.5. The molecule has 0 aliphatic heterocycles. The summed E-state index contributed by atoms with van der Waals surface area (Å²) < 4.78 is 4.81. The number of esters is 1. The van der Waals surface area contributed by atoms with Crippen LogP contribution in [0.25, 0.3) is 0 Å². The molecule has 13 heavy (non-hydrogen) atoms. The zero-order valence-electron chi connectivity index (χ0n) is 10.4. The second-order valence-electron chi connectivity index (χ2n) is 3.44. The summed E-state index contributed by atoms with van der Waals surface area (Å²) in [6, 6.07) is 0. The predicted molar refractivity (Wildman–Crippen MR) is 51.1 cm³/mol. The van der Waals surface area contributed by atoms with Crippen molar-refractivity contribution in [3.05, 3.63) is 0 Å². The molecule has 0 aromatic heterocycles. The summed E-state index contributed by atoms with van der Waals surface area (Å²) in [5.41, 5.74) is 0. The summed E-state index contributed by atoms with van der Waals surface area (Å²) in [5.74, 6) is 0.688. The van der Waals surface area contributed by atoms with E-state index in [-0.39, 0.29) is 37.0 Å². The Kier molecular flexibility index (Phi) is 12.9. The molecule has 0 spiro atoms. The van der Waals surface area contributed by atoms with Crippen molar-refractivity contribution in [3.8, 4) is 0 Å². The van der Waals surface area contributed by atoms with E-state index in [1.54, 1.807) is 0 Å². The van der Waals surface area contributed by atoms with Gasteiger partial charge in [-0.25, -0.2) is 0 Å². The molecule has 0 saturated carbocycles. The van der Waals surface area contributed by atoms with Crippen LogP contribution in [0, 0.1) is 5.92 Å². The maximum absolute atomic E-state index is 10.9. The largest absolute Gasteiger partial charge is 1.00 e. The monoisotopic (exact) mass is 196 g/mol. The van der Waals surface area contributed by atoms with Gasteiger partial charge in [-0.3, -0.25) is 4.79 Å². The van der Waals surface area contributed by atoms with Crippen LogP contribution in [0.5, 0.6) is 0 Å². The van der Waals surface area contributed by atoms with E-state index in [1.165, 1.54) is 6.42 Å². The number of ether oxygens (including phenoxy) is 1. The van der Waals surface area contributed by atoms with Gasteiger partial charge in [0.15, 0.2) is 0 Å². The molecule has 0 fully saturated rings. The first kappa shape index (κ1) is 15.9. The zero-order chi connectivity index (χ0) is 9.40. The van der Waals surface area contributed by atoms with Crippen molar-refractivity contribution in [2.75, 3.05) is 6.61 Å². The van der Waals surface area contributed by atoms with Gasteiger partial charge < -0.3 is 6.16 Å². The van der Waals surface area contributed by atoms with Gasteiger partial charge in [0.05, 0.1) is 6.61 Å². The maximum atomic E-state index is 10.9. The van der Waals surface area contributed by atoms with Crippen LogP contribution in [0.3, 0.4) is 0 Å². The fourth-order valence-corrected chi connectivity index (χ4v) is 1.06. The Balaban J connectivity index is -0.000000605. The minimum atomic E-state index is -0.0544. The summed E-state index contributed by atoms with van der Waals surface area (Å²) >= 11 is 0. The van der Waals surface area contributed by atoms with Crippen LogP contribution in [0.2, 0.25) is 0 Å². The van der Waals surface area contributed by atoms with Crippen LogP contribution in [-0.4, -0.2) is 12.6 Å². The van der Waals surface area contributed by atoms with Gasteiger partial charge in [0, 0.05) is 6.42 Å². The van der Waals surface area contributed by atoms with E-state index < -0.39 is 0 Å². The number of hydrogen-bond acceptors (Lipinski definition) is 2. The average molecular weight is 196 g/mol. The van der Waals surface area contributed by atoms with Crippen LogP contribution >= 0.6 is 0 Å². The number of unbranched alkanes of at least 4 members (excludes halogenated alkanes) is 1. The van der Waals surface area contributed by atoms with E-state index in [9.17, 15) is 4.79 Å². The Hall–Kier alpha value is 0.470. The van der Waals surface area contributed by atoms with Crippen molar-refractivity contribution in [1.82, 2.24) is 0 Å². The predicted octanol–water partition coefficient (Wildman–Crippen LogP) is -0.118. The quantitative estimate of drug-likeness (QED) is 0.336. The molecule has 0 radical (unpaired) electrons. The van der Waals surface area contributed by atoms with Crippen LogP contribution < -0.4 is 29.6 Å². The van der Waals surface area contributed by atoms with Gasteiger partial charge in [0.25, 0.3) is 0 Å². The molecule has 0 saturated heterocycles. The molecule has 2 nitrogen and oxygen atoms in total. The van der Waals surface area contributed by atoms with Gasteiger partial charge in [-0.05, 0) is 19.3 Å². The molecule has 0 aromatic carbocycles. The number of rotatable bonds is 6. The van der Waals surface area contributed by atoms with Crippen molar-refractivity contribution in [1.29, 1.82) is 0 Å². The van der Waals surface area contributed by atoms with Crippen LogP contribution in [0.4, 0.5) is 0 Å². The SMILES string of the molecule is CCOC(=O)CCCCC(C)C.[H-].[Na+]. The van der Waals surface area contributed by atoms with Crippen LogP contribution in [0.15, 0.2) is 0 Å². The standard InChI is InChI=1S/C10H20O2.Na.H/c1-4-12-10(11)8-6-5-7-9(2)3;;/h9H,4-8H2,1-3H3;;/q;+1;-1. The first-order valence-corrected chi connectivity index (χ1v) is 4.82. The summed E-state index contributed by atoms with van der Waals surface area (Å²) in [5, 5.41) is 0. The average Bonchev–Trinajstić information content (AvgIpc) is 1.98. The molecule has 0 bridgehead atoms. The summed E-state index contributed by atoms with van der Waals surface area (Å²) in [4.78, 5) is 10.9. The Morgan fingerprint density at radius 2 is 2.00 bits per heavy atom. The zero-order valence-corrected chi connectivity index (χ0v) is 11.4. The Bertz CT molecular complexity index is 129. The molecule has 74 valence electrons.